The van der Waals surface area contributed by atoms with Crippen molar-refractivity contribution in [1.82, 2.24) is 25.6 Å². The highest BCUT2D eigenvalue weighted by Gasteiger charge is 2.28. The number of fused-ring (bicyclic) bond motifs is 1. The maximum Gasteiger partial charge on any atom is 0.207 e. The van der Waals surface area contributed by atoms with Gasteiger partial charge < -0.3 is 0 Å². The van der Waals surface area contributed by atoms with E-state index in [0.29, 0.717) is 16.8 Å². The highest BCUT2D eigenvalue weighted by atomic mass is 35.5. The van der Waals surface area contributed by atoms with Crippen LogP contribution in [0.4, 0.5) is 0 Å². The smallest absolute Gasteiger partial charge is 0.207 e. The molecule has 0 saturated heterocycles. The molecule has 0 aliphatic heterocycles. The van der Waals surface area contributed by atoms with E-state index in [-0.39, 0.29) is 0 Å². The predicted octanol–water partition coefficient (Wildman–Crippen LogP) is 7.43. The number of aromatic amines is 1. The Balaban J connectivity index is 2.14. The van der Waals surface area contributed by atoms with E-state index in [9.17, 15) is 0 Å². The zero-order valence-corrected chi connectivity index (χ0v) is 20.0. The normalized spacial score (nSPS) is 16.3. The van der Waals surface area contributed by atoms with Gasteiger partial charge >= 0.3 is 0 Å². The van der Waals surface area contributed by atoms with E-state index in [1.165, 1.54) is 24.0 Å². The lowest BCUT2D eigenvalue weighted by Crippen LogP contribution is -2.06. The Morgan fingerprint density at radius 3 is 2.66 bits per heavy atom. The molecule has 3 aromatic rings. The van der Waals surface area contributed by atoms with Crippen LogP contribution in [-0.2, 0) is 0 Å². The molecular formula is C26H30ClN5. The number of tetrazole rings is 1. The lowest BCUT2D eigenvalue weighted by molar-refractivity contribution is 0.702. The lowest BCUT2D eigenvalue weighted by atomic mass is 9.87. The van der Waals surface area contributed by atoms with Gasteiger partial charge in [-0.25, -0.2) is 0 Å². The van der Waals surface area contributed by atoms with E-state index in [0.717, 1.165) is 52.6 Å². The van der Waals surface area contributed by atoms with Crippen LogP contribution in [-0.4, -0.2) is 25.6 Å². The third-order valence-electron chi connectivity index (χ3n) is 6.50. The summed E-state index contributed by atoms with van der Waals surface area (Å²) in [6.45, 7) is 8.59. The Bertz CT molecular complexity index is 1200. The van der Waals surface area contributed by atoms with Crippen LogP contribution in [0.15, 0.2) is 47.6 Å². The van der Waals surface area contributed by atoms with Crippen molar-refractivity contribution in [2.24, 2.45) is 0 Å². The number of H-pyrrole nitrogens is 1. The summed E-state index contributed by atoms with van der Waals surface area (Å²) in [7, 11) is 0. The number of benzene rings is 1. The zero-order chi connectivity index (χ0) is 22.7. The third-order valence-corrected chi connectivity index (χ3v) is 6.73. The molecule has 4 rings (SSSR count). The lowest BCUT2D eigenvalue weighted by Gasteiger charge is -2.20. The molecule has 2 aromatic heterocycles. The molecule has 1 aliphatic carbocycles. The standard InChI is InChI=1S/C26H30ClN5/c1-5-9-19(14-17(4)16(3)6-2)23-21-15-20(27)12-13-22(21)28-25(18-10-7-8-11-18)24(23)26-29-31-32-30-26/h5,9,12-15,18H,6-8,10-11H2,1-4H3,(H,29,30,31,32)/b9-5?,17-16?,19-14+. The molecule has 1 aliphatic rings. The van der Waals surface area contributed by atoms with Crippen molar-refractivity contribution in [3.63, 3.8) is 0 Å². The summed E-state index contributed by atoms with van der Waals surface area (Å²) in [5.41, 5.74) is 7.77. The third kappa shape index (κ3) is 4.40. The molecule has 0 atom stereocenters. The molecule has 0 spiro atoms. The molecule has 5 nitrogen and oxygen atoms in total. The molecular weight excluding hydrogens is 418 g/mol. The molecule has 6 heteroatoms. The summed E-state index contributed by atoms with van der Waals surface area (Å²) in [5.74, 6) is 0.976. The summed E-state index contributed by atoms with van der Waals surface area (Å²) >= 11 is 6.47. The Labute approximate surface area is 194 Å². The van der Waals surface area contributed by atoms with Gasteiger partial charge in [0.1, 0.15) is 0 Å². The first kappa shape index (κ1) is 22.4. The first-order valence-corrected chi connectivity index (χ1v) is 11.8. The number of nitrogens with zero attached hydrogens (tertiary/aromatic N) is 4. The molecule has 2 heterocycles. The van der Waals surface area contributed by atoms with Gasteiger partial charge in [0, 0.05) is 21.9 Å². The minimum absolute atomic E-state index is 0.392. The number of pyridine rings is 1. The van der Waals surface area contributed by atoms with Crippen molar-refractivity contribution in [1.29, 1.82) is 0 Å². The van der Waals surface area contributed by atoms with Gasteiger partial charge in [-0.3, -0.25) is 4.98 Å². The van der Waals surface area contributed by atoms with Gasteiger partial charge in [-0.05, 0) is 69.0 Å². The van der Waals surface area contributed by atoms with Crippen LogP contribution >= 0.6 is 11.6 Å². The maximum atomic E-state index is 6.47. The van der Waals surface area contributed by atoms with E-state index >= 15 is 0 Å². The van der Waals surface area contributed by atoms with Crippen LogP contribution in [0.25, 0.3) is 27.9 Å². The average molecular weight is 448 g/mol. The molecule has 1 N–H and O–H groups in total. The number of allylic oxidation sites excluding steroid dienone is 6. The van der Waals surface area contributed by atoms with E-state index in [4.69, 9.17) is 16.6 Å². The first-order chi connectivity index (χ1) is 15.5. The monoisotopic (exact) mass is 447 g/mol. The summed E-state index contributed by atoms with van der Waals surface area (Å²) < 4.78 is 0. The van der Waals surface area contributed by atoms with E-state index in [1.54, 1.807) is 0 Å². The minimum Gasteiger partial charge on any atom is -0.252 e. The number of hydrogen-bond donors (Lipinski definition) is 1. The average Bonchev–Trinajstić information content (AvgIpc) is 3.51. The fourth-order valence-corrected chi connectivity index (χ4v) is 4.73. The summed E-state index contributed by atoms with van der Waals surface area (Å²) in [5, 5.41) is 17.0. The molecule has 1 fully saturated rings. The Morgan fingerprint density at radius 2 is 2.00 bits per heavy atom. The SMILES string of the molecule is CC=C/C(=C\C(C)=C(C)CC)c1c(-c2nn[nH]n2)c(C2CCCC2)nc2ccc(Cl)cc12. The van der Waals surface area contributed by atoms with Crippen LogP contribution in [0.5, 0.6) is 0 Å². The number of aromatic nitrogens is 5. The highest BCUT2D eigenvalue weighted by Crippen LogP contribution is 2.43. The second-order valence-corrected chi connectivity index (χ2v) is 8.98. The van der Waals surface area contributed by atoms with Crippen LogP contribution in [0.2, 0.25) is 5.02 Å². The highest BCUT2D eigenvalue weighted by molar-refractivity contribution is 6.31. The van der Waals surface area contributed by atoms with Crippen molar-refractivity contribution < 1.29 is 0 Å². The van der Waals surface area contributed by atoms with Gasteiger partial charge in [-0.1, -0.05) is 60.7 Å². The van der Waals surface area contributed by atoms with Gasteiger partial charge in [0.15, 0.2) is 0 Å². The number of halogens is 1. The molecule has 0 bridgehead atoms. The van der Waals surface area contributed by atoms with Crippen molar-refractivity contribution in [2.45, 2.75) is 65.7 Å². The van der Waals surface area contributed by atoms with Crippen LogP contribution in [0, 0.1) is 0 Å². The number of hydrogen-bond acceptors (Lipinski definition) is 4. The van der Waals surface area contributed by atoms with E-state index in [1.807, 2.05) is 25.1 Å². The predicted molar refractivity (Wildman–Crippen MR) is 133 cm³/mol. The van der Waals surface area contributed by atoms with Crippen LogP contribution < -0.4 is 0 Å². The fraction of sp³-hybridized carbons (Fsp3) is 0.385. The number of rotatable bonds is 6. The van der Waals surface area contributed by atoms with Gasteiger partial charge in [-0.15, -0.1) is 10.2 Å². The molecule has 32 heavy (non-hydrogen) atoms. The van der Waals surface area contributed by atoms with E-state index < -0.39 is 0 Å². The molecule has 0 amide bonds. The molecule has 1 aromatic carbocycles. The van der Waals surface area contributed by atoms with E-state index in [2.05, 4.69) is 59.6 Å². The first-order valence-electron chi connectivity index (χ1n) is 11.4. The fourth-order valence-electron chi connectivity index (χ4n) is 4.56. The maximum absolute atomic E-state index is 6.47. The summed E-state index contributed by atoms with van der Waals surface area (Å²) in [6, 6.07) is 5.94. The Kier molecular flexibility index (Phi) is 6.85. The van der Waals surface area contributed by atoms with Crippen LogP contribution in [0.3, 0.4) is 0 Å². The quantitative estimate of drug-likeness (QED) is 0.399. The Morgan fingerprint density at radius 1 is 1.22 bits per heavy atom. The molecule has 1 saturated carbocycles. The number of nitrogens with one attached hydrogen (secondary N) is 1. The zero-order valence-electron chi connectivity index (χ0n) is 19.2. The Hall–Kier alpha value is -2.79. The van der Waals surface area contributed by atoms with Gasteiger partial charge in [0.05, 0.1) is 16.8 Å². The largest absolute Gasteiger partial charge is 0.252 e. The molecule has 0 unspecified atom stereocenters. The van der Waals surface area contributed by atoms with Crippen LogP contribution in [0.1, 0.15) is 77.0 Å². The second kappa shape index (κ2) is 9.78. The van der Waals surface area contributed by atoms with Crippen molar-refractivity contribution in [2.75, 3.05) is 0 Å². The minimum atomic E-state index is 0.392. The molecule has 166 valence electrons. The van der Waals surface area contributed by atoms with Gasteiger partial charge in [0.25, 0.3) is 0 Å². The summed E-state index contributed by atoms with van der Waals surface area (Å²) in [4.78, 5) is 5.14. The van der Waals surface area contributed by atoms with Gasteiger partial charge in [-0.2, -0.15) is 5.21 Å². The van der Waals surface area contributed by atoms with Crippen molar-refractivity contribution in [3.05, 3.63) is 63.9 Å². The van der Waals surface area contributed by atoms with Crippen molar-refractivity contribution >= 4 is 28.1 Å². The topological polar surface area (TPSA) is 67.3 Å². The summed E-state index contributed by atoms with van der Waals surface area (Å²) in [6.07, 6.45) is 12.2. The van der Waals surface area contributed by atoms with Gasteiger partial charge in [0.2, 0.25) is 5.82 Å². The second-order valence-electron chi connectivity index (χ2n) is 8.54. The van der Waals surface area contributed by atoms with Crippen molar-refractivity contribution in [3.8, 4) is 11.4 Å². The molecule has 0 radical (unpaired) electrons.